The van der Waals surface area contributed by atoms with Gasteiger partial charge in [-0.1, -0.05) is 29.3 Å². The zero-order valence-electron chi connectivity index (χ0n) is 11.1. The molecule has 2 aromatic rings. The van der Waals surface area contributed by atoms with Crippen molar-refractivity contribution >= 4 is 40.6 Å². The summed E-state index contributed by atoms with van der Waals surface area (Å²) in [6.07, 6.45) is 0. The predicted octanol–water partition coefficient (Wildman–Crippen LogP) is 5.25. The number of benzene rings is 2. The third-order valence-electron chi connectivity index (χ3n) is 2.94. The highest BCUT2D eigenvalue weighted by atomic mass is 35.5. The van der Waals surface area contributed by atoms with Crippen LogP contribution in [0.3, 0.4) is 0 Å². The van der Waals surface area contributed by atoms with Crippen molar-refractivity contribution in [1.29, 1.82) is 0 Å². The summed E-state index contributed by atoms with van der Waals surface area (Å²) < 4.78 is 0. The highest BCUT2D eigenvalue weighted by Gasteiger charge is 2.07. The summed E-state index contributed by atoms with van der Waals surface area (Å²) in [7, 11) is 0. The molecule has 0 radical (unpaired) electrons. The maximum absolute atomic E-state index is 11.9. The summed E-state index contributed by atoms with van der Waals surface area (Å²) in [5, 5.41) is 6.36. The van der Waals surface area contributed by atoms with Crippen molar-refractivity contribution in [2.24, 2.45) is 0 Å². The number of hydrogen-bond donors (Lipinski definition) is 2. The fourth-order valence-electron chi connectivity index (χ4n) is 1.69. The number of aryl methyl sites for hydroxylation is 2. The highest BCUT2D eigenvalue weighted by Crippen LogP contribution is 2.25. The molecule has 0 aliphatic heterocycles. The van der Waals surface area contributed by atoms with E-state index in [0.29, 0.717) is 15.7 Å². The number of amides is 2. The molecule has 0 aliphatic rings. The normalized spacial score (nSPS) is 10.2. The molecular weight excluding hydrogens is 295 g/mol. The fraction of sp³-hybridized carbons (Fsp3) is 0.133. The van der Waals surface area contributed by atoms with E-state index in [2.05, 4.69) is 10.6 Å². The Morgan fingerprint density at radius 2 is 1.70 bits per heavy atom. The van der Waals surface area contributed by atoms with Crippen molar-refractivity contribution < 1.29 is 4.79 Å². The van der Waals surface area contributed by atoms with Gasteiger partial charge in [-0.15, -0.1) is 0 Å². The molecule has 0 saturated carbocycles. The molecule has 2 rings (SSSR count). The maximum Gasteiger partial charge on any atom is 0.323 e. The Bertz CT molecular complexity index is 656. The average Bonchev–Trinajstić information content (AvgIpc) is 2.37. The Hall–Kier alpha value is -1.71. The van der Waals surface area contributed by atoms with Gasteiger partial charge in [-0.25, -0.2) is 4.79 Å². The van der Waals surface area contributed by atoms with Crippen molar-refractivity contribution in [2.75, 3.05) is 10.6 Å². The number of carbonyl (C=O) groups is 1. The van der Waals surface area contributed by atoms with Crippen LogP contribution in [0.2, 0.25) is 10.0 Å². The number of urea groups is 1. The number of nitrogens with one attached hydrogen (secondary N) is 2. The van der Waals surface area contributed by atoms with E-state index in [0.717, 1.165) is 11.3 Å². The zero-order valence-corrected chi connectivity index (χ0v) is 12.6. The first-order chi connectivity index (χ1) is 9.45. The first kappa shape index (κ1) is 14.7. The van der Waals surface area contributed by atoms with Crippen LogP contribution in [-0.4, -0.2) is 6.03 Å². The molecule has 0 heterocycles. The standard InChI is InChI=1S/C15H14Cl2N2O/c1-9-3-5-12(7-10(9)2)18-15(20)19-14-6-4-11(16)8-13(14)17/h3-8H,1-2H3,(H2,18,19,20). The van der Waals surface area contributed by atoms with Crippen LogP contribution in [0, 0.1) is 13.8 Å². The number of anilines is 2. The molecule has 0 fully saturated rings. The molecule has 2 amide bonds. The van der Waals surface area contributed by atoms with Crippen LogP contribution < -0.4 is 10.6 Å². The molecule has 0 bridgehead atoms. The van der Waals surface area contributed by atoms with Gasteiger partial charge in [0.15, 0.2) is 0 Å². The molecule has 3 nitrogen and oxygen atoms in total. The Morgan fingerprint density at radius 1 is 0.950 bits per heavy atom. The topological polar surface area (TPSA) is 41.1 Å². The van der Waals surface area contributed by atoms with Crippen LogP contribution in [0.1, 0.15) is 11.1 Å². The summed E-state index contributed by atoms with van der Waals surface area (Å²) in [5.41, 5.74) is 3.54. The largest absolute Gasteiger partial charge is 0.323 e. The summed E-state index contributed by atoms with van der Waals surface area (Å²) in [6.45, 7) is 4.02. The molecule has 5 heteroatoms. The number of hydrogen-bond acceptors (Lipinski definition) is 1. The van der Waals surface area contributed by atoms with Crippen molar-refractivity contribution in [1.82, 2.24) is 0 Å². The van der Waals surface area contributed by atoms with E-state index in [1.165, 1.54) is 5.56 Å². The molecule has 2 aromatic carbocycles. The van der Waals surface area contributed by atoms with Gasteiger partial charge in [0.05, 0.1) is 10.7 Å². The van der Waals surface area contributed by atoms with E-state index in [-0.39, 0.29) is 6.03 Å². The molecule has 0 unspecified atom stereocenters. The summed E-state index contributed by atoms with van der Waals surface area (Å²) in [6, 6.07) is 10.3. The molecule has 0 aromatic heterocycles. The number of rotatable bonds is 2. The number of halogens is 2. The van der Waals surface area contributed by atoms with Crippen LogP contribution in [0.15, 0.2) is 36.4 Å². The van der Waals surface area contributed by atoms with Gasteiger partial charge < -0.3 is 10.6 Å². The van der Waals surface area contributed by atoms with Crippen LogP contribution in [0.4, 0.5) is 16.2 Å². The molecule has 20 heavy (non-hydrogen) atoms. The second kappa shape index (κ2) is 6.16. The van der Waals surface area contributed by atoms with Crippen LogP contribution in [0.25, 0.3) is 0 Å². The molecule has 0 atom stereocenters. The van der Waals surface area contributed by atoms with Crippen LogP contribution >= 0.6 is 23.2 Å². The number of carbonyl (C=O) groups excluding carboxylic acids is 1. The Kier molecular flexibility index (Phi) is 4.53. The third kappa shape index (κ3) is 3.65. The van der Waals surface area contributed by atoms with Crippen LogP contribution in [0.5, 0.6) is 0 Å². The Morgan fingerprint density at radius 3 is 2.35 bits per heavy atom. The second-order valence-corrected chi connectivity index (χ2v) is 5.35. The predicted molar refractivity (Wildman–Crippen MR) is 85.0 cm³/mol. The van der Waals surface area contributed by atoms with Crippen molar-refractivity contribution in [3.63, 3.8) is 0 Å². The quantitative estimate of drug-likeness (QED) is 0.781. The lowest BCUT2D eigenvalue weighted by atomic mass is 10.1. The van der Waals surface area contributed by atoms with Gasteiger partial charge in [0.1, 0.15) is 0 Å². The van der Waals surface area contributed by atoms with Crippen molar-refractivity contribution in [3.8, 4) is 0 Å². The van der Waals surface area contributed by atoms with Crippen LogP contribution in [-0.2, 0) is 0 Å². The Labute approximate surface area is 127 Å². The molecule has 104 valence electrons. The van der Waals surface area contributed by atoms with E-state index in [4.69, 9.17) is 23.2 Å². The summed E-state index contributed by atoms with van der Waals surface area (Å²) in [5.74, 6) is 0. The second-order valence-electron chi connectivity index (χ2n) is 4.50. The molecule has 0 aliphatic carbocycles. The van der Waals surface area contributed by atoms with Gasteiger partial charge in [-0.3, -0.25) is 0 Å². The minimum absolute atomic E-state index is 0.350. The van der Waals surface area contributed by atoms with Gasteiger partial charge in [-0.05, 0) is 55.3 Å². The van der Waals surface area contributed by atoms with E-state index < -0.39 is 0 Å². The van der Waals surface area contributed by atoms with Crippen molar-refractivity contribution in [3.05, 3.63) is 57.6 Å². The SMILES string of the molecule is Cc1ccc(NC(=O)Nc2ccc(Cl)cc2Cl)cc1C. The van der Waals surface area contributed by atoms with E-state index in [1.54, 1.807) is 18.2 Å². The summed E-state index contributed by atoms with van der Waals surface area (Å²) in [4.78, 5) is 11.9. The van der Waals surface area contributed by atoms with E-state index >= 15 is 0 Å². The Balaban J connectivity index is 2.07. The van der Waals surface area contributed by atoms with E-state index in [9.17, 15) is 4.79 Å². The van der Waals surface area contributed by atoms with Gasteiger partial charge in [0.2, 0.25) is 0 Å². The van der Waals surface area contributed by atoms with Gasteiger partial charge >= 0.3 is 6.03 Å². The molecule has 0 saturated heterocycles. The molecular formula is C15H14Cl2N2O. The molecule has 0 spiro atoms. The summed E-state index contributed by atoms with van der Waals surface area (Å²) >= 11 is 11.8. The first-order valence-electron chi connectivity index (χ1n) is 6.06. The lowest BCUT2D eigenvalue weighted by molar-refractivity contribution is 0.262. The first-order valence-corrected chi connectivity index (χ1v) is 6.81. The van der Waals surface area contributed by atoms with Gasteiger partial charge in [-0.2, -0.15) is 0 Å². The van der Waals surface area contributed by atoms with Crippen molar-refractivity contribution in [2.45, 2.75) is 13.8 Å². The third-order valence-corrected chi connectivity index (χ3v) is 3.49. The maximum atomic E-state index is 11.9. The zero-order chi connectivity index (χ0) is 14.7. The monoisotopic (exact) mass is 308 g/mol. The lowest BCUT2D eigenvalue weighted by Crippen LogP contribution is -2.19. The highest BCUT2D eigenvalue weighted by molar-refractivity contribution is 6.36. The van der Waals surface area contributed by atoms with Gasteiger partial charge in [0.25, 0.3) is 0 Å². The lowest BCUT2D eigenvalue weighted by Gasteiger charge is -2.10. The van der Waals surface area contributed by atoms with Gasteiger partial charge in [0, 0.05) is 10.7 Å². The molecule has 2 N–H and O–H groups in total. The minimum atomic E-state index is -0.350. The smallest absolute Gasteiger partial charge is 0.308 e. The van der Waals surface area contributed by atoms with E-state index in [1.807, 2.05) is 32.0 Å². The minimum Gasteiger partial charge on any atom is -0.308 e. The average molecular weight is 309 g/mol. The fourth-order valence-corrected chi connectivity index (χ4v) is 2.15.